The van der Waals surface area contributed by atoms with E-state index in [-0.39, 0.29) is 18.0 Å². The van der Waals surface area contributed by atoms with E-state index in [0.717, 1.165) is 22.9 Å². The Morgan fingerprint density at radius 2 is 2.03 bits per heavy atom. The number of imide groups is 1. The van der Waals surface area contributed by atoms with E-state index >= 15 is 0 Å². The average Bonchev–Trinajstić information content (AvgIpc) is 3.12. The lowest BCUT2D eigenvalue weighted by molar-refractivity contribution is -0.120. The lowest BCUT2D eigenvalue weighted by Crippen LogP contribution is -2.42. The Morgan fingerprint density at radius 3 is 2.63 bits per heavy atom. The van der Waals surface area contributed by atoms with Crippen LogP contribution in [0.4, 0.5) is 4.79 Å². The van der Waals surface area contributed by atoms with Crippen LogP contribution in [0.1, 0.15) is 13.8 Å². The van der Waals surface area contributed by atoms with Crippen molar-refractivity contribution in [3.8, 4) is 11.1 Å². The maximum Gasteiger partial charge on any atom is 0.318 e. The molecule has 0 radical (unpaired) electrons. The zero-order valence-electron chi connectivity index (χ0n) is 16.6. The third-order valence-electron chi connectivity index (χ3n) is 4.40. The van der Waals surface area contributed by atoms with Crippen molar-refractivity contribution in [2.45, 2.75) is 30.8 Å². The fraction of sp³-hybridized carbons (Fsp3) is 0.238. The van der Waals surface area contributed by atoms with Gasteiger partial charge < -0.3 is 5.73 Å². The molecule has 1 atom stereocenters. The number of carbonyl (C=O) groups excluding carboxylic acids is 2. The molecule has 3 amide bonds. The predicted octanol–water partition coefficient (Wildman–Crippen LogP) is 3.62. The minimum Gasteiger partial charge on any atom is -0.351 e. The van der Waals surface area contributed by atoms with Crippen molar-refractivity contribution in [3.63, 3.8) is 0 Å². The van der Waals surface area contributed by atoms with Crippen LogP contribution in [0.2, 0.25) is 0 Å². The van der Waals surface area contributed by atoms with E-state index in [1.807, 2.05) is 49.6 Å². The molecule has 2 heterocycles. The number of fused-ring (bicyclic) bond motifs is 1. The molecule has 7 nitrogen and oxygen atoms in total. The maximum absolute atomic E-state index is 13.4. The first-order chi connectivity index (χ1) is 14.3. The van der Waals surface area contributed by atoms with Gasteiger partial charge in [0.25, 0.3) is 5.56 Å². The Morgan fingerprint density at radius 1 is 1.33 bits per heavy atom. The van der Waals surface area contributed by atoms with Crippen LogP contribution in [0, 0.1) is 5.92 Å². The molecule has 0 saturated carbocycles. The Bertz CT molecular complexity index is 1150. The number of urea groups is 1. The molecule has 3 rings (SSSR count). The van der Waals surface area contributed by atoms with Crippen LogP contribution < -0.4 is 16.6 Å². The second-order valence-corrected chi connectivity index (χ2v) is 8.90. The number of thioether (sulfide) groups is 1. The number of aromatic nitrogens is 2. The monoisotopic (exact) mass is 442 g/mol. The molecule has 1 aromatic carbocycles. The number of allylic oxidation sites excluding steroid dienone is 1. The lowest BCUT2D eigenvalue weighted by atomic mass is 10.1. The van der Waals surface area contributed by atoms with Crippen molar-refractivity contribution in [1.29, 1.82) is 0 Å². The number of hydrogen-bond donors (Lipinski definition) is 2. The van der Waals surface area contributed by atoms with Crippen molar-refractivity contribution in [2.24, 2.45) is 11.7 Å². The first-order valence-electron chi connectivity index (χ1n) is 9.28. The molecule has 2 aromatic heterocycles. The Labute approximate surface area is 182 Å². The van der Waals surface area contributed by atoms with Crippen LogP contribution in [0.5, 0.6) is 0 Å². The van der Waals surface area contributed by atoms with Gasteiger partial charge in [0, 0.05) is 17.5 Å². The van der Waals surface area contributed by atoms with E-state index in [1.165, 1.54) is 15.9 Å². The van der Waals surface area contributed by atoms with Gasteiger partial charge in [-0.1, -0.05) is 62.0 Å². The Kier molecular flexibility index (Phi) is 6.73. The van der Waals surface area contributed by atoms with Gasteiger partial charge in [-0.25, -0.2) is 9.78 Å². The van der Waals surface area contributed by atoms with Crippen LogP contribution in [0.3, 0.4) is 0 Å². The summed E-state index contributed by atoms with van der Waals surface area (Å²) in [5.41, 5.74) is 6.67. The fourth-order valence-electron chi connectivity index (χ4n) is 3.01. The normalized spacial score (nSPS) is 12.1. The van der Waals surface area contributed by atoms with Crippen molar-refractivity contribution in [3.05, 3.63) is 58.7 Å². The summed E-state index contributed by atoms with van der Waals surface area (Å²) in [5, 5.41) is 4.33. The number of primary amides is 1. The van der Waals surface area contributed by atoms with E-state index < -0.39 is 17.2 Å². The molecule has 9 heteroatoms. The summed E-state index contributed by atoms with van der Waals surface area (Å²) in [5.74, 6) is -0.638. The van der Waals surface area contributed by atoms with Gasteiger partial charge in [0.2, 0.25) is 5.91 Å². The first kappa shape index (κ1) is 21.8. The smallest absolute Gasteiger partial charge is 0.318 e. The van der Waals surface area contributed by atoms with Gasteiger partial charge in [0.15, 0.2) is 5.16 Å². The van der Waals surface area contributed by atoms with Gasteiger partial charge >= 0.3 is 6.03 Å². The number of rotatable bonds is 7. The number of benzene rings is 1. The first-order valence-corrected chi connectivity index (χ1v) is 11.0. The number of thiophene rings is 1. The number of hydrogen-bond acceptors (Lipinski definition) is 6. The highest BCUT2D eigenvalue weighted by Gasteiger charge is 2.27. The molecule has 0 spiro atoms. The summed E-state index contributed by atoms with van der Waals surface area (Å²) in [6.07, 6.45) is 1.61. The fourth-order valence-corrected chi connectivity index (χ4v) is 5.10. The quantitative estimate of drug-likeness (QED) is 0.330. The SMILES string of the molecule is C=CCn1c(SC(C(=O)NC(N)=O)C(C)C)nc2scc(-c3ccccc3)c2c1=O. The molecule has 1 unspecified atom stereocenters. The highest BCUT2D eigenvalue weighted by Crippen LogP contribution is 2.33. The van der Waals surface area contributed by atoms with Crippen molar-refractivity contribution >= 4 is 45.3 Å². The molecule has 156 valence electrons. The zero-order valence-corrected chi connectivity index (χ0v) is 18.3. The van der Waals surface area contributed by atoms with E-state index in [0.29, 0.717) is 15.4 Å². The van der Waals surface area contributed by atoms with E-state index in [2.05, 4.69) is 16.9 Å². The third-order valence-corrected chi connectivity index (χ3v) is 6.80. The van der Waals surface area contributed by atoms with Gasteiger partial charge in [-0.15, -0.1) is 17.9 Å². The minimum absolute atomic E-state index is 0.123. The highest BCUT2D eigenvalue weighted by atomic mass is 32.2. The maximum atomic E-state index is 13.4. The summed E-state index contributed by atoms with van der Waals surface area (Å²) >= 11 is 2.52. The third kappa shape index (κ3) is 4.47. The van der Waals surface area contributed by atoms with Gasteiger partial charge in [-0.2, -0.15) is 0 Å². The molecule has 0 aliphatic rings. The standard InChI is InChI=1S/C21H22N4O3S2/c1-4-10-25-19(27)15-14(13-8-6-5-7-9-13)11-29-18(15)24-21(25)30-16(12(2)3)17(26)23-20(22)28/h4-9,11-12,16H,1,10H2,2-3H3,(H3,22,23,26,28). The van der Waals surface area contributed by atoms with Crippen molar-refractivity contribution in [2.75, 3.05) is 0 Å². The largest absolute Gasteiger partial charge is 0.351 e. The molecule has 0 aliphatic carbocycles. The predicted molar refractivity (Wildman–Crippen MR) is 122 cm³/mol. The summed E-state index contributed by atoms with van der Waals surface area (Å²) in [6, 6.07) is 8.75. The lowest BCUT2D eigenvalue weighted by Gasteiger charge is -2.20. The van der Waals surface area contributed by atoms with E-state index in [9.17, 15) is 14.4 Å². The molecule has 0 aliphatic heterocycles. The molecule has 3 N–H and O–H groups in total. The van der Waals surface area contributed by atoms with E-state index in [1.54, 1.807) is 6.08 Å². The molecule has 30 heavy (non-hydrogen) atoms. The average molecular weight is 443 g/mol. The number of nitrogens with one attached hydrogen (secondary N) is 1. The highest BCUT2D eigenvalue weighted by molar-refractivity contribution is 8.00. The van der Waals surface area contributed by atoms with Crippen LogP contribution in [-0.4, -0.2) is 26.7 Å². The summed E-state index contributed by atoms with van der Waals surface area (Å²) in [7, 11) is 0. The summed E-state index contributed by atoms with van der Waals surface area (Å²) in [6.45, 7) is 7.69. The van der Waals surface area contributed by atoms with Crippen LogP contribution in [0.15, 0.2) is 58.3 Å². The van der Waals surface area contributed by atoms with Gasteiger partial charge in [0.1, 0.15) is 4.83 Å². The number of nitrogens with two attached hydrogens (primary N) is 1. The van der Waals surface area contributed by atoms with Gasteiger partial charge in [-0.3, -0.25) is 19.5 Å². The number of amides is 3. The molecular formula is C21H22N4O3S2. The van der Waals surface area contributed by atoms with Crippen LogP contribution in [-0.2, 0) is 11.3 Å². The molecule has 0 saturated heterocycles. The summed E-state index contributed by atoms with van der Waals surface area (Å²) < 4.78 is 1.51. The number of nitrogens with zero attached hydrogens (tertiary/aromatic N) is 2. The molecule has 3 aromatic rings. The van der Waals surface area contributed by atoms with Crippen LogP contribution >= 0.6 is 23.1 Å². The minimum atomic E-state index is -0.913. The zero-order chi connectivity index (χ0) is 21.8. The van der Waals surface area contributed by atoms with Crippen molar-refractivity contribution in [1.82, 2.24) is 14.9 Å². The Hall–Kier alpha value is -2.91. The van der Waals surface area contributed by atoms with Crippen LogP contribution in [0.25, 0.3) is 21.3 Å². The van der Waals surface area contributed by atoms with Gasteiger partial charge in [-0.05, 0) is 11.5 Å². The molecular weight excluding hydrogens is 420 g/mol. The topological polar surface area (TPSA) is 107 Å². The van der Waals surface area contributed by atoms with Gasteiger partial charge in [0.05, 0.1) is 10.6 Å². The molecule has 0 bridgehead atoms. The second-order valence-electron chi connectivity index (χ2n) is 6.93. The summed E-state index contributed by atoms with van der Waals surface area (Å²) in [4.78, 5) is 42.2. The number of carbonyl (C=O) groups is 2. The Balaban J connectivity index is 2.12. The van der Waals surface area contributed by atoms with Crippen molar-refractivity contribution < 1.29 is 9.59 Å². The second kappa shape index (κ2) is 9.27. The van der Waals surface area contributed by atoms with E-state index in [4.69, 9.17) is 5.73 Å². The molecule has 0 fully saturated rings.